The Morgan fingerprint density at radius 1 is 1.47 bits per heavy atom. The Labute approximate surface area is 119 Å². The maximum absolute atomic E-state index is 11.8. The first-order chi connectivity index (χ1) is 8.95. The van der Waals surface area contributed by atoms with E-state index in [1.807, 2.05) is 39.0 Å². The molecule has 5 heteroatoms. The Hall–Kier alpha value is -1.62. The summed E-state index contributed by atoms with van der Waals surface area (Å²) in [4.78, 5) is 12.1. The zero-order valence-electron chi connectivity index (χ0n) is 11.6. The molecule has 0 aliphatic carbocycles. The lowest BCUT2D eigenvalue weighted by Crippen LogP contribution is -2.38. The summed E-state index contributed by atoms with van der Waals surface area (Å²) in [5.41, 5.74) is 8.34. The molecule has 0 heterocycles. The second-order valence-corrected chi connectivity index (χ2v) is 5.01. The van der Waals surface area contributed by atoms with Crippen molar-refractivity contribution in [2.24, 2.45) is 5.73 Å². The summed E-state index contributed by atoms with van der Waals surface area (Å²) in [7, 11) is 0. The van der Waals surface area contributed by atoms with E-state index in [0.29, 0.717) is 11.5 Å². The molecule has 0 aliphatic rings. The average molecular weight is 279 g/mol. The van der Waals surface area contributed by atoms with Gasteiger partial charge in [0.25, 0.3) is 0 Å². The highest BCUT2D eigenvalue weighted by atomic mass is 32.1. The van der Waals surface area contributed by atoms with Crippen LogP contribution in [0.1, 0.15) is 31.4 Å². The summed E-state index contributed by atoms with van der Waals surface area (Å²) in [6.07, 6.45) is 0.918. The summed E-state index contributed by atoms with van der Waals surface area (Å²) in [6.45, 7) is 6.49. The lowest BCUT2D eigenvalue weighted by atomic mass is 10.1. The SMILES string of the molecule is CCCNC(=O)C(C)Nc1ccc(C)cc1C(N)=S. The number of hydrogen-bond acceptors (Lipinski definition) is 3. The van der Waals surface area contributed by atoms with Gasteiger partial charge in [0.1, 0.15) is 11.0 Å². The van der Waals surface area contributed by atoms with Crippen molar-refractivity contribution in [3.05, 3.63) is 29.3 Å². The minimum Gasteiger partial charge on any atom is -0.389 e. The number of aryl methyl sites for hydroxylation is 1. The van der Waals surface area contributed by atoms with Gasteiger partial charge in [0.05, 0.1) is 0 Å². The molecule has 1 atom stereocenters. The number of rotatable bonds is 6. The number of amides is 1. The van der Waals surface area contributed by atoms with Gasteiger partial charge in [0.15, 0.2) is 0 Å². The Morgan fingerprint density at radius 3 is 2.74 bits per heavy atom. The molecule has 0 fully saturated rings. The fourth-order valence-electron chi connectivity index (χ4n) is 1.69. The lowest BCUT2D eigenvalue weighted by Gasteiger charge is -2.17. The van der Waals surface area contributed by atoms with E-state index >= 15 is 0 Å². The van der Waals surface area contributed by atoms with Crippen LogP contribution in [0.3, 0.4) is 0 Å². The van der Waals surface area contributed by atoms with Crippen LogP contribution in [-0.4, -0.2) is 23.5 Å². The Bertz CT molecular complexity index is 474. The van der Waals surface area contributed by atoms with Gasteiger partial charge in [-0.3, -0.25) is 4.79 Å². The summed E-state index contributed by atoms with van der Waals surface area (Å²) in [5, 5.41) is 6.00. The molecular weight excluding hydrogens is 258 g/mol. The van der Waals surface area contributed by atoms with Crippen molar-refractivity contribution in [1.82, 2.24) is 5.32 Å². The van der Waals surface area contributed by atoms with E-state index in [1.54, 1.807) is 0 Å². The summed E-state index contributed by atoms with van der Waals surface area (Å²) in [5.74, 6) is -0.0312. The first-order valence-electron chi connectivity index (χ1n) is 6.40. The number of carbonyl (C=O) groups excluding carboxylic acids is 1. The fraction of sp³-hybridized carbons (Fsp3) is 0.429. The molecule has 19 heavy (non-hydrogen) atoms. The molecule has 0 aromatic heterocycles. The largest absolute Gasteiger partial charge is 0.389 e. The molecule has 1 unspecified atom stereocenters. The van der Waals surface area contributed by atoms with Crippen molar-refractivity contribution in [3.63, 3.8) is 0 Å². The predicted molar refractivity (Wildman–Crippen MR) is 83.5 cm³/mol. The van der Waals surface area contributed by atoms with Crippen molar-refractivity contribution in [2.45, 2.75) is 33.2 Å². The van der Waals surface area contributed by atoms with Crippen LogP contribution >= 0.6 is 12.2 Å². The van der Waals surface area contributed by atoms with E-state index in [4.69, 9.17) is 18.0 Å². The highest BCUT2D eigenvalue weighted by Crippen LogP contribution is 2.18. The van der Waals surface area contributed by atoms with Crippen molar-refractivity contribution in [2.75, 3.05) is 11.9 Å². The second-order valence-electron chi connectivity index (χ2n) is 4.57. The van der Waals surface area contributed by atoms with Gasteiger partial charge in [-0.15, -0.1) is 0 Å². The standard InChI is InChI=1S/C14H21N3OS/c1-4-7-16-14(18)10(3)17-12-6-5-9(2)8-11(12)13(15)19/h5-6,8,10,17H,4,7H2,1-3H3,(H2,15,19)(H,16,18). The van der Waals surface area contributed by atoms with Gasteiger partial charge >= 0.3 is 0 Å². The van der Waals surface area contributed by atoms with Crippen molar-refractivity contribution in [3.8, 4) is 0 Å². The van der Waals surface area contributed by atoms with Crippen molar-refractivity contribution < 1.29 is 4.79 Å². The number of nitrogens with two attached hydrogens (primary N) is 1. The first-order valence-corrected chi connectivity index (χ1v) is 6.81. The smallest absolute Gasteiger partial charge is 0.242 e. The van der Waals surface area contributed by atoms with Gasteiger partial charge in [-0.2, -0.15) is 0 Å². The summed E-state index contributed by atoms with van der Waals surface area (Å²) in [6, 6.07) is 5.44. The van der Waals surface area contributed by atoms with Gasteiger partial charge in [-0.25, -0.2) is 0 Å². The molecule has 4 nitrogen and oxygen atoms in total. The minimum absolute atomic E-state index is 0.0312. The Morgan fingerprint density at radius 2 is 2.16 bits per heavy atom. The van der Waals surface area contributed by atoms with Crippen LogP contribution in [0.2, 0.25) is 0 Å². The van der Waals surface area contributed by atoms with Crippen LogP contribution in [0.25, 0.3) is 0 Å². The first kappa shape index (κ1) is 15.4. The molecule has 4 N–H and O–H groups in total. The third kappa shape index (κ3) is 4.52. The molecule has 0 radical (unpaired) electrons. The van der Waals surface area contributed by atoms with Crippen molar-refractivity contribution >= 4 is 28.8 Å². The molecular formula is C14H21N3OS. The number of benzene rings is 1. The molecule has 0 saturated carbocycles. The van der Waals surface area contributed by atoms with Crippen LogP contribution in [0, 0.1) is 6.92 Å². The molecule has 104 valence electrons. The third-order valence-corrected chi connectivity index (χ3v) is 2.97. The number of thiocarbonyl (C=S) groups is 1. The molecule has 1 aromatic carbocycles. The Balaban J connectivity index is 2.81. The van der Waals surface area contributed by atoms with Gasteiger partial charge in [0, 0.05) is 17.8 Å². The zero-order chi connectivity index (χ0) is 14.4. The molecule has 0 spiro atoms. The summed E-state index contributed by atoms with van der Waals surface area (Å²) < 4.78 is 0. The van der Waals surface area contributed by atoms with E-state index in [0.717, 1.165) is 23.2 Å². The van der Waals surface area contributed by atoms with Crippen LogP contribution < -0.4 is 16.4 Å². The maximum Gasteiger partial charge on any atom is 0.242 e. The van der Waals surface area contributed by atoms with Crippen LogP contribution in [0.15, 0.2) is 18.2 Å². The maximum atomic E-state index is 11.8. The highest BCUT2D eigenvalue weighted by molar-refractivity contribution is 7.80. The summed E-state index contributed by atoms with van der Waals surface area (Å²) >= 11 is 5.03. The van der Waals surface area contributed by atoms with Gasteiger partial charge in [-0.05, 0) is 32.4 Å². The second kappa shape index (κ2) is 7.09. The van der Waals surface area contributed by atoms with E-state index in [2.05, 4.69) is 10.6 Å². The topological polar surface area (TPSA) is 67.2 Å². The molecule has 1 rings (SSSR count). The molecule has 0 aliphatic heterocycles. The molecule has 1 amide bonds. The minimum atomic E-state index is -0.331. The average Bonchev–Trinajstić information content (AvgIpc) is 2.37. The monoisotopic (exact) mass is 279 g/mol. The van der Waals surface area contributed by atoms with Crippen LogP contribution in [0.4, 0.5) is 5.69 Å². The van der Waals surface area contributed by atoms with Crippen LogP contribution in [-0.2, 0) is 4.79 Å². The zero-order valence-corrected chi connectivity index (χ0v) is 12.4. The van der Waals surface area contributed by atoms with E-state index in [9.17, 15) is 4.79 Å². The number of hydrogen-bond donors (Lipinski definition) is 3. The number of nitrogens with one attached hydrogen (secondary N) is 2. The van der Waals surface area contributed by atoms with Gasteiger partial charge in [-0.1, -0.05) is 30.8 Å². The fourth-order valence-corrected chi connectivity index (χ4v) is 1.86. The normalized spacial score (nSPS) is 11.7. The van der Waals surface area contributed by atoms with E-state index < -0.39 is 0 Å². The highest BCUT2D eigenvalue weighted by Gasteiger charge is 2.14. The molecule has 1 aromatic rings. The van der Waals surface area contributed by atoms with Crippen molar-refractivity contribution in [1.29, 1.82) is 0 Å². The van der Waals surface area contributed by atoms with E-state index in [1.165, 1.54) is 0 Å². The quantitative estimate of drug-likeness (QED) is 0.696. The van der Waals surface area contributed by atoms with Gasteiger partial charge in [0.2, 0.25) is 5.91 Å². The third-order valence-electron chi connectivity index (χ3n) is 2.76. The van der Waals surface area contributed by atoms with Crippen LogP contribution in [0.5, 0.6) is 0 Å². The predicted octanol–water partition coefficient (Wildman–Crippen LogP) is 1.96. The Kier molecular flexibility index (Phi) is 5.76. The number of carbonyl (C=O) groups is 1. The lowest BCUT2D eigenvalue weighted by molar-refractivity contribution is -0.121. The molecule has 0 saturated heterocycles. The number of anilines is 1. The van der Waals surface area contributed by atoms with E-state index in [-0.39, 0.29) is 11.9 Å². The molecule has 0 bridgehead atoms. The van der Waals surface area contributed by atoms with Gasteiger partial charge < -0.3 is 16.4 Å².